The Kier molecular flexibility index (Phi) is 4.92. The van der Waals surface area contributed by atoms with Crippen molar-refractivity contribution < 1.29 is 4.79 Å². The Morgan fingerprint density at radius 3 is 2.94 bits per heavy atom. The van der Waals surface area contributed by atoms with Crippen LogP contribution in [0.1, 0.15) is 35.8 Å². The third-order valence-electron chi connectivity index (χ3n) is 2.57. The molecule has 0 aliphatic heterocycles. The number of nitrogens with zero attached hydrogens (tertiary/aromatic N) is 1. The summed E-state index contributed by atoms with van der Waals surface area (Å²) in [6, 6.07) is 3.84. The highest BCUT2D eigenvalue weighted by atomic mass is 16.1. The highest BCUT2D eigenvalue weighted by Gasteiger charge is 2.13. The van der Waals surface area contributed by atoms with Crippen LogP contribution in [-0.2, 0) is 0 Å². The number of carbonyl (C=O) groups excluding carboxylic acids is 1. The van der Waals surface area contributed by atoms with E-state index in [1.807, 2.05) is 26.0 Å². The zero-order valence-electron chi connectivity index (χ0n) is 9.86. The van der Waals surface area contributed by atoms with E-state index in [4.69, 9.17) is 5.73 Å². The number of carbonyl (C=O) groups is 1. The average molecular weight is 221 g/mol. The minimum Gasteiger partial charge on any atom is -0.348 e. The SMILES string of the molecule is CCC(CCN)NC(=O)c1ncccc1C. The van der Waals surface area contributed by atoms with E-state index >= 15 is 0 Å². The molecule has 4 heteroatoms. The van der Waals surface area contributed by atoms with Crippen LogP contribution < -0.4 is 11.1 Å². The van der Waals surface area contributed by atoms with E-state index in [1.54, 1.807) is 6.20 Å². The van der Waals surface area contributed by atoms with Crippen LogP contribution in [0, 0.1) is 6.92 Å². The standard InChI is InChI=1S/C12H19N3O/c1-3-10(6-7-13)15-12(16)11-9(2)5-4-8-14-11/h4-5,8,10H,3,6-7,13H2,1-2H3,(H,15,16). The predicted molar refractivity (Wildman–Crippen MR) is 64.2 cm³/mol. The van der Waals surface area contributed by atoms with Gasteiger partial charge in [-0.1, -0.05) is 13.0 Å². The number of hydrogen-bond acceptors (Lipinski definition) is 3. The molecule has 0 radical (unpaired) electrons. The second kappa shape index (κ2) is 6.23. The van der Waals surface area contributed by atoms with E-state index in [0.717, 1.165) is 18.4 Å². The lowest BCUT2D eigenvalue weighted by Gasteiger charge is -2.16. The minimum absolute atomic E-state index is 0.113. The van der Waals surface area contributed by atoms with Gasteiger partial charge in [-0.15, -0.1) is 0 Å². The number of rotatable bonds is 5. The fourth-order valence-electron chi connectivity index (χ4n) is 1.56. The number of aryl methyl sites for hydroxylation is 1. The van der Waals surface area contributed by atoms with Crippen LogP contribution in [0.4, 0.5) is 0 Å². The molecule has 0 aliphatic rings. The largest absolute Gasteiger partial charge is 0.348 e. The van der Waals surface area contributed by atoms with Crippen molar-refractivity contribution in [1.82, 2.24) is 10.3 Å². The van der Waals surface area contributed by atoms with Gasteiger partial charge in [0, 0.05) is 12.2 Å². The van der Waals surface area contributed by atoms with E-state index in [2.05, 4.69) is 10.3 Å². The Labute approximate surface area is 96.3 Å². The van der Waals surface area contributed by atoms with E-state index < -0.39 is 0 Å². The van der Waals surface area contributed by atoms with Crippen molar-refractivity contribution in [2.24, 2.45) is 5.73 Å². The van der Waals surface area contributed by atoms with Gasteiger partial charge in [-0.25, -0.2) is 0 Å². The van der Waals surface area contributed by atoms with Gasteiger partial charge in [0.15, 0.2) is 0 Å². The lowest BCUT2D eigenvalue weighted by Crippen LogP contribution is -2.36. The second-order valence-electron chi connectivity index (χ2n) is 3.82. The maximum atomic E-state index is 11.9. The Balaban J connectivity index is 2.68. The molecule has 0 aromatic carbocycles. The molecule has 0 saturated heterocycles. The number of amides is 1. The number of hydrogen-bond donors (Lipinski definition) is 2. The number of aromatic nitrogens is 1. The zero-order chi connectivity index (χ0) is 12.0. The highest BCUT2D eigenvalue weighted by Crippen LogP contribution is 2.04. The van der Waals surface area contributed by atoms with Crippen LogP contribution in [-0.4, -0.2) is 23.5 Å². The molecule has 1 amide bonds. The van der Waals surface area contributed by atoms with Gasteiger partial charge in [-0.2, -0.15) is 0 Å². The Bertz CT molecular complexity index is 352. The van der Waals surface area contributed by atoms with Crippen LogP contribution in [0.2, 0.25) is 0 Å². The maximum Gasteiger partial charge on any atom is 0.270 e. The third kappa shape index (κ3) is 3.31. The van der Waals surface area contributed by atoms with Crippen molar-refractivity contribution >= 4 is 5.91 Å². The van der Waals surface area contributed by atoms with Gasteiger partial charge in [-0.3, -0.25) is 9.78 Å². The number of pyridine rings is 1. The molecule has 88 valence electrons. The molecule has 4 nitrogen and oxygen atoms in total. The van der Waals surface area contributed by atoms with E-state index in [0.29, 0.717) is 12.2 Å². The van der Waals surface area contributed by atoms with E-state index in [1.165, 1.54) is 0 Å². The van der Waals surface area contributed by atoms with Crippen molar-refractivity contribution in [2.75, 3.05) is 6.54 Å². The van der Waals surface area contributed by atoms with Crippen molar-refractivity contribution in [3.8, 4) is 0 Å². The normalized spacial score (nSPS) is 12.2. The monoisotopic (exact) mass is 221 g/mol. The molecule has 1 aromatic rings. The lowest BCUT2D eigenvalue weighted by molar-refractivity contribution is 0.0928. The van der Waals surface area contributed by atoms with Gasteiger partial charge in [0.2, 0.25) is 0 Å². The average Bonchev–Trinajstić information content (AvgIpc) is 2.28. The fourth-order valence-corrected chi connectivity index (χ4v) is 1.56. The van der Waals surface area contributed by atoms with Gasteiger partial charge >= 0.3 is 0 Å². The zero-order valence-corrected chi connectivity index (χ0v) is 9.86. The first-order valence-corrected chi connectivity index (χ1v) is 5.61. The minimum atomic E-state index is -0.113. The van der Waals surface area contributed by atoms with Crippen LogP contribution in [0.25, 0.3) is 0 Å². The predicted octanol–water partition coefficient (Wildman–Crippen LogP) is 1.25. The van der Waals surface area contributed by atoms with Crippen molar-refractivity contribution in [1.29, 1.82) is 0 Å². The van der Waals surface area contributed by atoms with Gasteiger partial charge < -0.3 is 11.1 Å². The number of nitrogens with two attached hydrogens (primary N) is 1. The van der Waals surface area contributed by atoms with Crippen molar-refractivity contribution in [2.45, 2.75) is 32.7 Å². The smallest absolute Gasteiger partial charge is 0.270 e. The first-order valence-electron chi connectivity index (χ1n) is 5.61. The molecule has 0 saturated carbocycles. The van der Waals surface area contributed by atoms with E-state index in [-0.39, 0.29) is 11.9 Å². The van der Waals surface area contributed by atoms with Crippen LogP contribution >= 0.6 is 0 Å². The summed E-state index contributed by atoms with van der Waals surface area (Å²) >= 11 is 0. The van der Waals surface area contributed by atoms with Crippen LogP contribution in [0.15, 0.2) is 18.3 Å². The summed E-state index contributed by atoms with van der Waals surface area (Å²) in [4.78, 5) is 16.0. The van der Waals surface area contributed by atoms with Gasteiger partial charge in [0.1, 0.15) is 5.69 Å². The molecule has 1 unspecified atom stereocenters. The molecular formula is C12H19N3O. The molecular weight excluding hydrogens is 202 g/mol. The molecule has 1 atom stereocenters. The maximum absolute atomic E-state index is 11.9. The first kappa shape index (κ1) is 12.6. The molecule has 0 bridgehead atoms. The Morgan fingerprint density at radius 2 is 2.38 bits per heavy atom. The van der Waals surface area contributed by atoms with Crippen LogP contribution in [0.3, 0.4) is 0 Å². The third-order valence-corrected chi connectivity index (χ3v) is 2.57. The summed E-state index contributed by atoms with van der Waals surface area (Å²) in [6.07, 6.45) is 3.31. The fraction of sp³-hybridized carbons (Fsp3) is 0.500. The van der Waals surface area contributed by atoms with Crippen molar-refractivity contribution in [3.63, 3.8) is 0 Å². The molecule has 1 aromatic heterocycles. The Hall–Kier alpha value is -1.42. The molecule has 3 N–H and O–H groups in total. The molecule has 0 fully saturated rings. The highest BCUT2D eigenvalue weighted by molar-refractivity contribution is 5.93. The molecule has 1 heterocycles. The van der Waals surface area contributed by atoms with Crippen LogP contribution in [0.5, 0.6) is 0 Å². The summed E-state index contributed by atoms with van der Waals surface area (Å²) in [5.41, 5.74) is 6.87. The number of nitrogens with one attached hydrogen (secondary N) is 1. The first-order chi connectivity index (χ1) is 7.69. The summed E-state index contributed by atoms with van der Waals surface area (Å²) in [7, 11) is 0. The van der Waals surface area contributed by atoms with Crippen molar-refractivity contribution in [3.05, 3.63) is 29.6 Å². The Morgan fingerprint density at radius 1 is 1.62 bits per heavy atom. The molecule has 0 spiro atoms. The summed E-state index contributed by atoms with van der Waals surface area (Å²) < 4.78 is 0. The molecule has 1 rings (SSSR count). The quantitative estimate of drug-likeness (QED) is 0.786. The molecule has 0 aliphatic carbocycles. The summed E-state index contributed by atoms with van der Waals surface area (Å²) in [5.74, 6) is -0.113. The van der Waals surface area contributed by atoms with Gasteiger partial charge in [0.05, 0.1) is 0 Å². The lowest BCUT2D eigenvalue weighted by atomic mass is 10.1. The molecule has 16 heavy (non-hydrogen) atoms. The van der Waals surface area contributed by atoms with Gasteiger partial charge in [0.25, 0.3) is 5.91 Å². The van der Waals surface area contributed by atoms with Gasteiger partial charge in [-0.05, 0) is 37.9 Å². The summed E-state index contributed by atoms with van der Waals surface area (Å²) in [6.45, 7) is 4.50. The second-order valence-corrected chi connectivity index (χ2v) is 3.82. The summed E-state index contributed by atoms with van der Waals surface area (Å²) in [5, 5.41) is 2.94. The van der Waals surface area contributed by atoms with E-state index in [9.17, 15) is 4.79 Å². The topological polar surface area (TPSA) is 68.0 Å².